The molecule has 3 rings (SSSR count). The van der Waals surface area contributed by atoms with Crippen molar-refractivity contribution in [2.75, 3.05) is 6.54 Å². The molecule has 4 nitrogen and oxygen atoms in total. The Hall–Kier alpha value is -1.68. The molecule has 16 heavy (non-hydrogen) atoms. The van der Waals surface area contributed by atoms with Gasteiger partial charge >= 0.3 is 0 Å². The van der Waals surface area contributed by atoms with Crippen LogP contribution in [0.3, 0.4) is 0 Å². The number of hydrogen-bond donors (Lipinski definition) is 1. The number of hydrogen-bond acceptors (Lipinski definition) is 4. The normalized spacial score (nSPS) is 14.8. The van der Waals surface area contributed by atoms with Crippen LogP contribution in [0.2, 0.25) is 0 Å². The lowest BCUT2D eigenvalue weighted by atomic mass is 9.98. The number of benzene rings is 1. The molecule has 1 aliphatic heterocycles. The van der Waals surface area contributed by atoms with Gasteiger partial charge in [0.15, 0.2) is 5.82 Å². The van der Waals surface area contributed by atoms with E-state index in [-0.39, 0.29) is 0 Å². The van der Waals surface area contributed by atoms with Crippen LogP contribution in [0.25, 0.3) is 11.5 Å². The summed E-state index contributed by atoms with van der Waals surface area (Å²) in [5.41, 5.74) is 3.76. The van der Waals surface area contributed by atoms with Crippen LogP contribution in [0.1, 0.15) is 17.0 Å². The number of nitrogens with one attached hydrogen (secondary N) is 1. The molecule has 0 unspecified atom stereocenters. The van der Waals surface area contributed by atoms with Gasteiger partial charge in [0.25, 0.3) is 5.89 Å². The van der Waals surface area contributed by atoms with E-state index in [0.29, 0.717) is 11.7 Å². The van der Waals surface area contributed by atoms with E-state index in [2.05, 4.69) is 27.6 Å². The molecule has 0 atom stereocenters. The standard InChI is InChI=1S/C12H13N3O/c1-8-14-12(16-15-8)10-2-3-11-7-13-5-4-9(11)6-10/h2-3,6,13H,4-5,7H2,1H3. The van der Waals surface area contributed by atoms with E-state index in [1.807, 2.05) is 13.0 Å². The number of aryl methyl sites for hydroxylation is 1. The first-order valence-electron chi connectivity index (χ1n) is 5.46. The zero-order chi connectivity index (χ0) is 11.0. The fourth-order valence-corrected chi connectivity index (χ4v) is 2.02. The number of nitrogens with zero attached hydrogens (tertiary/aromatic N) is 2. The first-order valence-corrected chi connectivity index (χ1v) is 5.46. The van der Waals surface area contributed by atoms with E-state index in [9.17, 15) is 0 Å². The molecule has 82 valence electrons. The Kier molecular flexibility index (Phi) is 2.22. The molecule has 0 spiro atoms. The highest BCUT2D eigenvalue weighted by Crippen LogP contribution is 2.22. The van der Waals surface area contributed by atoms with Crippen LogP contribution in [0.15, 0.2) is 22.7 Å². The third-order valence-corrected chi connectivity index (χ3v) is 2.87. The summed E-state index contributed by atoms with van der Waals surface area (Å²) in [6.45, 7) is 3.83. The molecule has 0 aliphatic carbocycles. The summed E-state index contributed by atoms with van der Waals surface area (Å²) >= 11 is 0. The van der Waals surface area contributed by atoms with Crippen LogP contribution in [0.4, 0.5) is 0 Å². The lowest BCUT2D eigenvalue weighted by molar-refractivity contribution is 0.425. The van der Waals surface area contributed by atoms with Crippen molar-refractivity contribution in [2.24, 2.45) is 0 Å². The summed E-state index contributed by atoms with van der Waals surface area (Å²) in [5, 5.41) is 7.16. The predicted octanol–water partition coefficient (Wildman–Crippen LogP) is 1.69. The summed E-state index contributed by atoms with van der Waals surface area (Å²) in [5.74, 6) is 1.29. The van der Waals surface area contributed by atoms with Gasteiger partial charge in [-0.3, -0.25) is 0 Å². The Labute approximate surface area is 93.7 Å². The van der Waals surface area contributed by atoms with Gasteiger partial charge in [0.2, 0.25) is 0 Å². The Balaban J connectivity index is 2.02. The molecular formula is C12H13N3O. The lowest BCUT2D eigenvalue weighted by Gasteiger charge is -2.16. The summed E-state index contributed by atoms with van der Waals surface area (Å²) in [4.78, 5) is 4.24. The van der Waals surface area contributed by atoms with Crippen LogP contribution in [0.5, 0.6) is 0 Å². The second-order valence-electron chi connectivity index (χ2n) is 4.06. The number of rotatable bonds is 1. The first-order chi connectivity index (χ1) is 7.83. The highest BCUT2D eigenvalue weighted by Gasteiger charge is 2.12. The van der Waals surface area contributed by atoms with Crippen molar-refractivity contribution in [3.05, 3.63) is 35.2 Å². The average Bonchev–Trinajstić information content (AvgIpc) is 2.75. The minimum atomic E-state index is 0.610. The first kappa shape index (κ1) is 9.54. The zero-order valence-electron chi connectivity index (χ0n) is 9.16. The smallest absolute Gasteiger partial charge is 0.257 e. The Morgan fingerprint density at radius 2 is 2.25 bits per heavy atom. The van der Waals surface area contributed by atoms with Crippen molar-refractivity contribution in [1.29, 1.82) is 0 Å². The van der Waals surface area contributed by atoms with Crippen LogP contribution in [0, 0.1) is 6.92 Å². The van der Waals surface area contributed by atoms with E-state index in [1.165, 1.54) is 11.1 Å². The molecule has 1 aliphatic rings. The molecule has 1 aromatic heterocycles. The highest BCUT2D eigenvalue weighted by molar-refractivity contribution is 5.56. The van der Waals surface area contributed by atoms with Gasteiger partial charge in [-0.15, -0.1) is 0 Å². The van der Waals surface area contributed by atoms with Gasteiger partial charge in [-0.1, -0.05) is 11.2 Å². The van der Waals surface area contributed by atoms with Crippen LogP contribution >= 0.6 is 0 Å². The molecule has 2 heterocycles. The highest BCUT2D eigenvalue weighted by atomic mass is 16.5. The van der Waals surface area contributed by atoms with Crippen molar-refractivity contribution in [3.63, 3.8) is 0 Å². The van der Waals surface area contributed by atoms with Crippen molar-refractivity contribution >= 4 is 0 Å². The van der Waals surface area contributed by atoms with E-state index in [0.717, 1.165) is 25.1 Å². The Morgan fingerprint density at radius 3 is 3.06 bits per heavy atom. The van der Waals surface area contributed by atoms with Crippen molar-refractivity contribution in [3.8, 4) is 11.5 Å². The minimum absolute atomic E-state index is 0.610. The van der Waals surface area contributed by atoms with Gasteiger partial charge in [0, 0.05) is 12.1 Å². The van der Waals surface area contributed by atoms with Crippen LogP contribution in [-0.2, 0) is 13.0 Å². The Morgan fingerprint density at radius 1 is 1.31 bits per heavy atom. The van der Waals surface area contributed by atoms with Crippen molar-refractivity contribution < 1.29 is 4.52 Å². The molecule has 0 saturated heterocycles. The fourth-order valence-electron chi connectivity index (χ4n) is 2.02. The molecule has 2 aromatic rings. The SMILES string of the molecule is Cc1noc(-c2ccc3c(c2)CCNC3)n1. The number of fused-ring (bicyclic) bond motifs is 1. The van der Waals surface area contributed by atoms with Gasteiger partial charge in [0.05, 0.1) is 0 Å². The molecule has 0 bridgehead atoms. The fraction of sp³-hybridized carbons (Fsp3) is 0.333. The molecule has 1 aromatic carbocycles. The quantitative estimate of drug-likeness (QED) is 0.786. The van der Waals surface area contributed by atoms with Gasteiger partial charge in [-0.05, 0) is 43.1 Å². The summed E-state index contributed by atoms with van der Waals surface area (Å²) in [6.07, 6.45) is 1.07. The predicted molar refractivity (Wildman–Crippen MR) is 59.9 cm³/mol. The zero-order valence-corrected chi connectivity index (χ0v) is 9.16. The minimum Gasteiger partial charge on any atom is -0.334 e. The summed E-state index contributed by atoms with van der Waals surface area (Å²) in [7, 11) is 0. The van der Waals surface area contributed by atoms with Crippen LogP contribution < -0.4 is 5.32 Å². The average molecular weight is 215 g/mol. The summed E-state index contributed by atoms with van der Waals surface area (Å²) < 4.78 is 5.16. The monoisotopic (exact) mass is 215 g/mol. The van der Waals surface area contributed by atoms with Crippen LogP contribution in [-0.4, -0.2) is 16.7 Å². The second kappa shape index (κ2) is 3.72. The maximum absolute atomic E-state index is 5.16. The largest absolute Gasteiger partial charge is 0.334 e. The molecule has 0 fully saturated rings. The van der Waals surface area contributed by atoms with E-state index in [1.54, 1.807) is 0 Å². The van der Waals surface area contributed by atoms with E-state index in [4.69, 9.17) is 4.52 Å². The van der Waals surface area contributed by atoms with Gasteiger partial charge in [0.1, 0.15) is 0 Å². The Bertz CT molecular complexity index is 519. The topological polar surface area (TPSA) is 51.0 Å². The molecule has 4 heteroatoms. The third-order valence-electron chi connectivity index (χ3n) is 2.87. The van der Waals surface area contributed by atoms with E-state index >= 15 is 0 Å². The number of aromatic nitrogens is 2. The van der Waals surface area contributed by atoms with Crippen molar-refractivity contribution in [2.45, 2.75) is 19.9 Å². The third kappa shape index (κ3) is 1.61. The molecule has 1 N–H and O–H groups in total. The maximum atomic E-state index is 5.16. The van der Waals surface area contributed by atoms with Gasteiger partial charge < -0.3 is 9.84 Å². The van der Waals surface area contributed by atoms with E-state index < -0.39 is 0 Å². The molecular weight excluding hydrogens is 202 g/mol. The van der Waals surface area contributed by atoms with Crippen molar-refractivity contribution in [1.82, 2.24) is 15.5 Å². The molecule has 0 saturated carbocycles. The maximum Gasteiger partial charge on any atom is 0.257 e. The van der Waals surface area contributed by atoms with Gasteiger partial charge in [-0.2, -0.15) is 4.98 Å². The molecule has 0 radical (unpaired) electrons. The summed E-state index contributed by atoms with van der Waals surface area (Å²) in [6, 6.07) is 6.33. The molecule has 0 amide bonds. The lowest BCUT2D eigenvalue weighted by Crippen LogP contribution is -2.23. The second-order valence-corrected chi connectivity index (χ2v) is 4.06. The van der Waals surface area contributed by atoms with Gasteiger partial charge in [-0.25, -0.2) is 0 Å².